The Morgan fingerprint density at radius 2 is 1.73 bits per heavy atom. The Bertz CT molecular complexity index is 209. The van der Waals surface area contributed by atoms with E-state index in [0.29, 0.717) is 0 Å². The first-order valence-electron chi connectivity index (χ1n) is 3.13. The van der Waals surface area contributed by atoms with Gasteiger partial charge in [-0.1, -0.05) is 35.9 Å². The molecule has 62 valence electrons. The summed E-state index contributed by atoms with van der Waals surface area (Å²) in [5.74, 6) is 0. The van der Waals surface area contributed by atoms with Gasteiger partial charge in [0.15, 0.2) is 0 Å². The Morgan fingerprint density at radius 1 is 1.36 bits per heavy atom. The van der Waals surface area contributed by atoms with E-state index in [1.165, 1.54) is 5.56 Å². The van der Waals surface area contributed by atoms with E-state index >= 15 is 0 Å². The van der Waals surface area contributed by atoms with E-state index in [1.807, 2.05) is 18.2 Å². The summed E-state index contributed by atoms with van der Waals surface area (Å²) in [7, 11) is -2.63. The van der Waals surface area contributed by atoms with Crippen molar-refractivity contribution in [3.05, 3.63) is 35.9 Å². The Hall–Kier alpha value is -0.630. The normalized spacial score (nSPS) is 11.2. The smallest absolute Gasteiger partial charge is 0.253 e. The Kier molecular flexibility index (Phi) is 5.75. The zero-order chi connectivity index (χ0) is 8.69. The molecule has 0 amide bonds. The van der Waals surface area contributed by atoms with Gasteiger partial charge in [0.25, 0.3) is 8.18 Å². The van der Waals surface area contributed by atoms with Gasteiger partial charge < -0.3 is 4.89 Å². The molecule has 0 heterocycles. The van der Waals surface area contributed by atoms with Crippen LogP contribution < -0.4 is 5.50 Å². The lowest BCUT2D eigenvalue weighted by molar-refractivity contribution is 0.504. The van der Waals surface area contributed by atoms with Gasteiger partial charge >= 0.3 is 0 Å². The van der Waals surface area contributed by atoms with E-state index in [2.05, 4.69) is 24.6 Å². The molecule has 0 aliphatic heterocycles. The zero-order valence-corrected chi connectivity index (χ0v) is 7.32. The fourth-order valence-corrected chi connectivity index (χ4v) is 0.534. The van der Waals surface area contributed by atoms with Crippen molar-refractivity contribution in [2.75, 3.05) is 0 Å². The third-order valence-corrected chi connectivity index (χ3v) is 0.940. The first kappa shape index (κ1) is 10.4. The van der Waals surface area contributed by atoms with Crippen LogP contribution >= 0.6 is 8.18 Å². The molecule has 0 aliphatic rings. The van der Waals surface area contributed by atoms with Crippen LogP contribution in [0.3, 0.4) is 0 Å². The molecule has 0 radical (unpaired) electrons. The number of nitrogens with two attached hydrogens (primary N) is 1. The summed E-state index contributed by atoms with van der Waals surface area (Å²) in [4.78, 5) is 7.38. The highest BCUT2D eigenvalue weighted by Crippen LogP contribution is 1.92. The van der Waals surface area contributed by atoms with Gasteiger partial charge in [-0.3, -0.25) is 10.1 Å². The molecular formula is C7H12NO2P. The summed E-state index contributed by atoms with van der Waals surface area (Å²) >= 11 is 0. The molecule has 1 aromatic rings. The van der Waals surface area contributed by atoms with Crippen LogP contribution in [0.4, 0.5) is 0 Å². The second kappa shape index (κ2) is 6.10. The largest absolute Gasteiger partial charge is 0.336 e. The molecule has 3 N–H and O–H groups in total. The van der Waals surface area contributed by atoms with Gasteiger partial charge in [0.2, 0.25) is 0 Å². The lowest BCUT2D eigenvalue weighted by atomic mass is 10.2. The molecule has 3 nitrogen and oxygen atoms in total. The van der Waals surface area contributed by atoms with Crippen LogP contribution in [0.15, 0.2) is 30.3 Å². The minimum Gasteiger partial charge on any atom is -0.336 e. The van der Waals surface area contributed by atoms with Crippen molar-refractivity contribution in [2.45, 2.75) is 6.92 Å². The molecule has 1 unspecified atom stereocenters. The highest BCUT2D eigenvalue weighted by Gasteiger charge is 1.72. The summed E-state index contributed by atoms with van der Waals surface area (Å²) in [5, 5.41) is 0. The molecule has 0 spiro atoms. The minimum atomic E-state index is -2.63. The lowest BCUT2D eigenvalue weighted by Crippen LogP contribution is -1.68. The average Bonchev–Trinajstić information content (AvgIpc) is 1.87. The number of rotatable bonds is 0. The second-order valence-corrected chi connectivity index (χ2v) is 2.67. The predicted octanol–water partition coefficient (Wildman–Crippen LogP) is 1.32. The van der Waals surface area contributed by atoms with Crippen LogP contribution in [0.5, 0.6) is 0 Å². The Balaban J connectivity index is 0.000000218. The maximum absolute atomic E-state index is 8.96. The average molecular weight is 173 g/mol. The summed E-state index contributed by atoms with van der Waals surface area (Å²) < 4.78 is 8.96. The van der Waals surface area contributed by atoms with Gasteiger partial charge in [0.1, 0.15) is 0 Å². The third kappa shape index (κ3) is 9.37. The van der Waals surface area contributed by atoms with Crippen molar-refractivity contribution in [3.63, 3.8) is 0 Å². The van der Waals surface area contributed by atoms with Gasteiger partial charge in [0.05, 0.1) is 0 Å². The lowest BCUT2D eigenvalue weighted by Gasteiger charge is -1.82. The first-order chi connectivity index (χ1) is 5.13. The van der Waals surface area contributed by atoms with Crippen LogP contribution in [-0.4, -0.2) is 4.89 Å². The SMILES string of the molecule is Cc1ccccc1.N[PH](=O)O. The Morgan fingerprint density at radius 3 is 1.91 bits per heavy atom. The first-order valence-corrected chi connectivity index (χ1v) is 4.56. The van der Waals surface area contributed by atoms with E-state index in [-0.39, 0.29) is 0 Å². The van der Waals surface area contributed by atoms with Crippen molar-refractivity contribution in [2.24, 2.45) is 5.50 Å². The van der Waals surface area contributed by atoms with E-state index in [1.54, 1.807) is 0 Å². The summed E-state index contributed by atoms with van der Waals surface area (Å²) in [6, 6.07) is 10.3. The van der Waals surface area contributed by atoms with E-state index in [4.69, 9.17) is 9.46 Å². The van der Waals surface area contributed by atoms with Gasteiger partial charge in [-0.15, -0.1) is 0 Å². The summed E-state index contributed by atoms with van der Waals surface area (Å²) in [6.07, 6.45) is 0. The molecular weight excluding hydrogens is 161 g/mol. The monoisotopic (exact) mass is 173 g/mol. The van der Waals surface area contributed by atoms with Crippen molar-refractivity contribution in [1.82, 2.24) is 0 Å². The minimum absolute atomic E-state index is 1.32. The second-order valence-electron chi connectivity index (χ2n) is 1.99. The fraction of sp³-hybridized carbons (Fsp3) is 0.143. The van der Waals surface area contributed by atoms with Gasteiger partial charge in [-0.25, -0.2) is 0 Å². The molecule has 0 bridgehead atoms. The van der Waals surface area contributed by atoms with Crippen LogP contribution in [0.2, 0.25) is 0 Å². The molecule has 0 aliphatic carbocycles. The molecule has 4 heteroatoms. The number of benzene rings is 1. The van der Waals surface area contributed by atoms with Gasteiger partial charge in [-0.05, 0) is 6.92 Å². The van der Waals surface area contributed by atoms with E-state index in [9.17, 15) is 0 Å². The molecule has 0 fully saturated rings. The topological polar surface area (TPSA) is 63.3 Å². The number of hydrogen-bond acceptors (Lipinski definition) is 1. The standard InChI is InChI=1S/C7H8.H4NO2P/c1-7-5-3-2-4-6-7;1-4(2)3/h2-6H,1H3;4H,(H3,1,2,3). The molecule has 1 aromatic carbocycles. The van der Waals surface area contributed by atoms with E-state index < -0.39 is 8.18 Å². The molecule has 0 aromatic heterocycles. The van der Waals surface area contributed by atoms with Crippen LogP contribution in [-0.2, 0) is 4.57 Å². The highest BCUT2D eigenvalue weighted by atomic mass is 31.1. The van der Waals surface area contributed by atoms with Crippen LogP contribution in [0.25, 0.3) is 0 Å². The predicted molar refractivity (Wildman–Crippen MR) is 46.6 cm³/mol. The quantitative estimate of drug-likeness (QED) is 0.581. The van der Waals surface area contributed by atoms with Gasteiger partial charge in [-0.2, -0.15) is 0 Å². The maximum atomic E-state index is 8.96. The van der Waals surface area contributed by atoms with Crippen molar-refractivity contribution in [1.29, 1.82) is 0 Å². The van der Waals surface area contributed by atoms with Gasteiger partial charge in [0, 0.05) is 0 Å². The van der Waals surface area contributed by atoms with Crippen molar-refractivity contribution >= 4 is 8.18 Å². The van der Waals surface area contributed by atoms with Crippen molar-refractivity contribution < 1.29 is 9.46 Å². The Labute approximate surface area is 66.8 Å². The number of aryl methyl sites for hydroxylation is 1. The highest BCUT2D eigenvalue weighted by molar-refractivity contribution is 7.35. The van der Waals surface area contributed by atoms with Crippen molar-refractivity contribution in [3.8, 4) is 0 Å². The summed E-state index contributed by atoms with van der Waals surface area (Å²) in [5.41, 5.74) is 5.53. The van der Waals surface area contributed by atoms with Crippen LogP contribution in [0.1, 0.15) is 5.56 Å². The number of hydrogen-bond donors (Lipinski definition) is 2. The molecule has 0 saturated heterocycles. The zero-order valence-electron chi connectivity index (χ0n) is 6.32. The fourth-order valence-electron chi connectivity index (χ4n) is 0.534. The summed E-state index contributed by atoms with van der Waals surface area (Å²) in [6.45, 7) is 2.08. The van der Waals surface area contributed by atoms with Crippen LogP contribution in [0, 0.1) is 6.92 Å². The molecule has 1 atom stereocenters. The molecule has 0 saturated carbocycles. The van der Waals surface area contributed by atoms with E-state index in [0.717, 1.165) is 0 Å². The third-order valence-electron chi connectivity index (χ3n) is 0.940. The molecule has 1 rings (SSSR count). The molecule has 11 heavy (non-hydrogen) atoms. The maximum Gasteiger partial charge on any atom is 0.253 e.